The first-order chi connectivity index (χ1) is 15.4. The average molecular weight is 436 g/mol. The van der Waals surface area contributed by atoms with Gasteiger partial charge in [0.15, 0.2) is 5.82 Å². The predicted octanol–water partition coefficient (Wildman–Crippen LogP) is 3.29. The Morgan fingerprint density at radius 2 is 2.03 bits per heavy atom. The smallest absolute Gasteiger partial charge is 0.254 e. The number of anilines is 1. The van der Waals surface area contributed by atoms with Gasteiger partial charge in [-0.05, 0) is 44.6 Å². The lowest BCUT2D eigenvalue weighted by Crippen LogP contribution is -2.38. The molecule has 8 nitrogen and oxygen atoms in total. The lowest BCUT2D eigenvalue weighted by molar-refractivity contribution is -0.117. The summed E-state index contributed by atoms with van der Waals surface area (Å²) in [5.41, 5.74) is 6.53. The molecule has 0 saturated heterocycles. The van der Waals surface area contributed by atoms with Gasteiger partial charge in [0.05, 0.1) is 24.6 Å². The number of aliphatic imine (C=N–C) groups is 1. The Balaban J connectivity index is 1.53. The van der Waals surface area contributed by atoms with Crippen molar-refractivity contribution >= 4 is 23.3 Å². The van der Waals surface area contributed by atoms with E-state index in [2.05, 4.69) is 21.5 Å². The van der Waals surface area contributed by atoms with Crippen molar-refractivity contribution in [2.45, 2.75) is 57.0 Å². The van der Waals surface area contributed by atoms with Crippen LogP contribution in [-0.4, -0.2) is 27.3 Å². The van der Waals surface area contributed by atoms with Crippen molar-refractivity contribution in [1.29, 1.82) is 5.26 Å². The molecule has 1 aromatic carbocycles. The Bertz CT molecular complexity index is 1100. The third kappa shape index (κ3) is 4.54. The van der Waals surface area contributed by atoms with E-state index in [9.17, 15) is 19.2 Å². The van der Waals surface area contributed by atoms with Crippen molar-refractivity contribution in [2.75, 3.05) is 5.32 Å². The van der Waals surface area contributed by atoms with Crippen LogP contribution in [0.5, 0.6) is 0 Å². The minimum atomic E-state index is -0.683. The van der Waals surface area contributed by atoms with Crippen molar-refractivity contribution in [1.82, 2.24) is 9.78 Å². The van der Waals surface area contributed by atoms with E-state index in [-0.39, 0.29) is 42.0 Å². The van der Waals surface area contributed by atoms with E-state index in [0.717, 1.165) is 18.6 Å². The van der Waals surface area contributed by atoms with Crippen LogP contribution >= 0.6 is 0 Å². The zero-order valence-electron chi connectivity index (χ0n) is 17.7. The molecule has 2 amide bonds. The fraction of sp³-hybridized carbons (Fsp3) is 0.435. The molecule has 2 saturated carbocycles. The first kappa shape index (κ1) is 21.7. The molecule has 1 heterocycles. The molecule has 0 radical (unpaired) electrons. The van der Waals surface area contributed by atoms with Gasteiger partial charge < -0.3 is 11.1 Å². The summed E-state index contributed by atoms with van der Waals surface area (Å²) in [7, 11) is 0. The average Bonchev–Trinajstić information content (AvgIpc) is 3.54. The summed E-state index contributed by atoms with van der Waals surface area (Å²) in [6.45, 7) is 0.276. The fourth-order valence-corrected chi connectivity index (χ4v) is 4.07. The maximum Gasteiger partial charge on any atom is 0.254 e. The summed E-state index contributed by atoms with van der Waals surface area (Å²) in [5, 5.41) is 16.7. The summed E-state index contributed by atoms with van der Waals surface area (Å²) >= 11 is 0. The number of nitrogens with one attached hydrogen (secondary N) is 1. The van der Waals surface area contributed by atoms with Crippen LogP contribution in [0.3, 0.4) is 0 Å². The molecule has 32 heavy (non-hydrogen) atoms. The fourth-order valence-electron chi connectivity index (χ4n) is 4.07. The summed E-state index contributed by atoms with van der Waals surface area (Å²) < 4.78 is 15.5. The van der Waals surface area contributed by atoms with Gasteiger partial charge in [0.25, 0.3) is 5.91 Å². The molecule has 0 aliphatic heterocycles. The van der Waals surface area contributed by atoms with E-state index >= 15 is 0 Å². The van der Waals surface area contributed by atoms with Crippen LogP contribution in [0.25, 0.3) is 0 Å². The highest BCUT2D eigenvalue weighted by molar-refractivity contribution is 6.02. The number of amides is 2. The van der Waals surface area contributed by atoms with Crippen LogP contribution in [0.2, 0.25) is 0 Å². The topological polar surface area (TPSA) is 126 Å². The van der Waals surface area contributed by atoms with Crippen molar-refractivity contribution in [3.8, 4) is 6.07 Å². The number of benzene rings is 1. The van der Waals surface area contributed by atoms with Crippen molar-refractivity contribution in [3.05, 3.63) is 47.4 Å². The summed E-state index contributed by atoms with van der Waals surface area (Å²) in [5.74, 6) is -1.03. The van der Waals surface area contributed by atoms with E-state index in [1.807, 2.05) is 0 Å². The largest absolute Gasteiger partial charge is 0.365 e. The number of nitriles is 1. The number of nitrogens with two attached hydrogens (primary N) is 1. The highest BCUT2D eigenvalue weighted by atomic mass is 19.1. The Morgan fingerprint density at radius 1 is 1.31 bits per heavy atom. The van der Waals surface area contributed by atoms with Crippen LogP contribution in [0.4, 0.5) is 10.2 Å². The first-order valence-corrected chi connectivity index (χ1v) is 10.8. The number of primary amides is 1. The number of carbonyl (C=O) groups is 2. The summed E-state index contributed by atoms with van der Waals surface area (Å²) in [4.78, 5) is 28.7. The number of hydrogen-bond donors (Lipinski definition) is 2. The van der Waals surface area contributed by atoms with E-state index in [0.29, 0.717) is 31.2 Å². The van der Waals surface area contributed by atoms with Gasteiger partial charge >= 0.3 is 0 Å². The molecule has 166 valence electrons. The first-order valence-electron chi connectivity index (χ1n) is 10.8. The van der Waals surface area contributed by atoms with Crippen LogP contribution in [0, 0.1) is 23.1 Å². The lowest BCUT2D eigenvalue weighted by Gasteiger charge is -2.36. The number of rotatable bonds is 7. The Morgan fingerprint density at radius 3 is 2.66 bits per heavy atom. The molecule has 3 N–H and O–H groups in total. The van der Waals surface area contributed by atoms with Crippen LogP contribution in [0.1, 0.15) is 60.9 Å². The molecule has 2 aliphatic rings. The van der Waals surface area contributed by atoms with Crippen LogP contribution in [-0.2, 0) is 16.9 Å². The molecule has 2 aliphatic carbocycles. The van der Waals surface area contributed by atoms with Gasteiger partial charge in [-0.15, -0.1) is 0 Å². The monoisotopic (exact) mass is 436 g/mol. The highest BCUT2D eigenvalue weighted by Crippen LogP contribution is 2.38. The van der Waals surface area contributed by atoms with E-state index in [4.69, 9.17) is 5.73 Å². The van der Waals surface area contributed by atoms with Gasteiger partial charge in [0.2, 0.25) is 5.91 Å². The normalized spacial score (nSPS) is 20.4. The molecule has 0 spiro atoms. The molecule has 2 aromatic rings. The maximum atomic E-state index is 13.9. The molecule has 4 rings (SSSR count). The molecular weight excluding hydrogens is 411 g/mol. The van der Waals surface area contributed by atoms with Gasteiger partial charge in [0.1, 0.15) is 11.4 Å². The highest BCUT2D eigenvalue weighted by Gasteiger charge is 2.38. The second-order valence-corrected chi connectivity index (χ2v) is 8.50. The Hall–Kier alpha value is -3.54. The van der Waals surface area contributed by atoms with E-state index in [1.165, 1.54) is 12.3 Å². The number of hydrogen-bond acceptors (Lipinski definition) is 5. The van der Waals surface area contributed by atoms with E-state index < -0.39 is 11.4 Å². The molecular formula is C23H25FN6O2. The van der Waals surface area contributed by atoms with Crippen LogP contribution in [0.15, 0.2) is 35.5 Å². The predicted molar refractivity (Wildman–Crippen MR) is 116 cm³/mol. The van der Waals surface area contributed by atoms with Gasteiger partial charge in [-0.25, -0.2) is 4.39 Å². The number of nitrogens with zero attached hydrogens (tertiary/aromatic N) is 4. The SMILES string of the molecule is N#CCC1(n2cc(C(N)=O)c(NC(=O)C3CC3)n2)CCC(=NCc2ccccc2F)CC1. The molecule has 2 fully saturated rings. The zero-order chi connectivity index (χ0) is 22.7. The molecule has 9 heteroatoms. The van der Waals surface area contributed by atoms with E-state index in [1.54, 1.807) is 22.9 Å². The van der Waals surface area contributed by atoms with Gasteiger partial charge in [-0.3, -0.25) is 19.3 Å². The second kappa shape index (κ2) is 8.91. The van der Waals surface area contributed by atoms with Crippen molar-refractivity contribution < 1.29 is 14.0 Å². The van der Waals surface area contributed by atoms with Gasteiger partial charge in [0, 0.05) is 23.4 Å². The molecule has 1 aromatic heterocycles. The molecule has 0 atom stereocenters. The summed E-state index contributed by atoms with van der Waals surface area (Å²) in [6, 6.07) is 8.80. The third-order valence-corrected chi connectivity index (χ3v) is 6.25. The van der Waals surface area contributed by atoms with Gasteiger partial charge in [-0.1, -0.05) is 18.2 Å². The third-order valence-electron chi connectivity index (χ3n) is 6.25. The molecule has 0 unspecified atom stereocenters. The van der Waals surface area contributed by atoms with Crippen molar-refractivity contribution in [2.24, 2.45) is 16.6 Å². The quantitative estimate of drug-likeness (QED) is 0.690. The molecule has 0 bridgehead atoms. The summed E-state index contributed by atoms with van der Waals surface area (Å²) in [6.07, 6.45) is 5.82. The van der Waals surface area contributed by atoms with Crippen LogP contribution < -0.4 is 11.1 Å². The standard InChI is InChI=1S/C23H25FN6O2/c24-19-4-2-1-3-16(19)13-27-17-7-9-23(10-8-17,11-12-25)30-14-18(20(26)31)21(29-30)28-22(32)15-5-6-15/h1-4,14-15H,5-11,13H2,(H2,26,31)(H,28,29,32). The lowest BCUT2D eigenvalue weighted by atomic mass is 9.79. The Labute approximate surface area is 185 Å². The zero-order valence-corrected chi connectivity index (χ0v) is 17.7. The number of aromatic nitrogens is 2. The second-order valence-electron chi connectivity index (χ2n) is 8.50. The van der Waals surface area contributed by atoms with Gasteiger partial charge in [-0.2, -0.15) is 10.4 Å². The number of carbonyl (C=O) groups excluding carboxylic acids is 2. The number of halogens is 1. The van der Waals surface area contributed by atoms with Crippen molar-refractivity contribution in [3.63, 3.8) is 0 Å². The minimum Gasteiger partial charge on any atom is -0.365 e. The minimum absolute atomic E-state index is 0.0446. The maximum absolute atomic E-state index is 13.9. The Kier molecular flexibility index (Phi) is 6.04.